The van der Waals surface area contributed by atoms with Crippen molar-refractivity contribution in [2.75, 3.05) is 26.2 Å². The number of ether oxygens (including phenoxy) is 1. The van der Waals surface area contributed by atoms with Crippen molar-refractivity contribution < 1.29 is 4.74 Å². The lowest BCUT2D eigenvalue weighted by molar-refractivity contribution is 0.357. The third-order valence-corrected chi connectivity index (χ3v) is 3.50. The van der Waals surface area contributed by atoms with Crippen LogP contribution in [0.15, 0.2) is 18.2 Å². The molecule has 0 amide bonds. The quantitative estimate of drug-likeness (QED) is 0.723. The molecule has 1 aromatic rings. The zero-order valence-electron chi connectivity index (χ0n) is 11.2. The van der Waals surface area contributed by atoms with Gasteiger partial charge >= 0.3 is 0 Å². The molecular formula is C15H24N2O. The van der Waals surface area contributed by atoms with Gasteiger partial charge in [0.25, 0.3) is 0 Å². The van der Waals surface area contributed by atoms with Crippen LogP contribution in [0.25, 0.3) is 0 Å². The molecule has 0 bridgehead atoms. The van der Waals surface area contributed by atoms with Crippen LogP contribution in [-0.2, 0) is 12.8 Å². The molecule has 3 nitrogen and oxygen atoms in total. The molecule has 100 valence electrons. The maximum atomic E-state index is 5.54. The van der Waals surface area contributed by atoms with Gasteiger partial charge in [-0.2, -0.15) is 0 Å². The molecule has 0 saturated heterocycles. The molecule has 1 unspecified atom stereocenters. The van der Waals surface area contributed by atoms with Crippen LogP contribution in [0.1, 0.15) is 24.5 Å². The van der Waals surface area contributed by atoms with Crippen molar-refractivity contribution in [3.05, 3.63) is 29.3 Å². The van der Waals surface area contributed by atoms with E-state index in [9.17, 15) is 0 Å². The number of nitrogens with one attached hydrogen (secondary N) is 1. The summed E-state index contributed by atoms with van der Waals surface area (Å²) in [5.41, 5.74) is 8.30. The van der Waals surface area contributed by atoms with Crippen LogP contribution in [0.5, 0.6) is 5.75 Å². The van der Waals surface area contributed by atoms with Gasteiger partial charge in [0.05, 0.1) is 6.61 Å². The number of nitrogens with two attached hydrogens (primary N) is 1. The third-order valence-electron chi connectivity index (χ3n) is 3.50. The number of hydrogen-bond donors (Lipinski definition) is 2. The van der Waals surface area contributed by atoms with Crippen LogP contribution < -0.4 is 15.8 Å². The molecule has 18 heavy (non-hydrogen) atoms. The van der Waals surface area contributed by atoms with E-state index in [0.717, 1.165) is 51.3 Å². The van der Waals surface area contributed by atoms with E-state index in [-0.39, 0.29) is 0 Å². The van der Waals surface area contributed by atoms with Gasteiger partial charge in [-0.15, -0.1) is 0 Å². The van der Waals surface area contributed by atoms with Crippen molar-refractivity contribution in [3.8, 4) is 5.75 Å². The Hall–Kier alpha value is -1.06. The van der Waals surface area contributed by atoms with Gasteiger partial charge in [0, 0.05) is 6.42 Å². The maximum absolute atomic E-state index is 5.54. The molecule has 1 atom stereocenters. The average Bonchev–Trinajstić information content (AvgIpc) is 2.82. The lowest BCUT2D eigenvalue weighted by atomic mass is 10.1. The van der Waals surface area contributed by atoms with E-state index >= 15 is 0 Å². The van der Waals surface area contributed by atoms with Crippen molar-refractivity contribution in [3.63, 3.8) is 0 Å². The Morgan fingerprint density at radius 3 is 3.17 bits per heavy atom. The van der Waals surface area contributed by atoms with E-state index in [1.54, 1.807) is 0 Å². The predicted octanol–water partition coefficient (Wildman–Crippen LogP) is 1.74. The van der Waals surface area contributed by atoms with E-state index in [1.165, 1.54) is 11.1 Å². The molecule has 1 aliphatic rings. The summed E-state index contributed by atoms with van der Waals surface area (Å²) in [5, 5.41) is 3.50. The monoisotopic (exact) mass is 248 g/mol. The van der Waals surface area contributed by atoms with Crippen molar-refractivity contribution in [1.29, 1.82) is 0 Å². The molecule has 0 aliphatic carbocycles. The van der Waals surface area contributed by atoms with E-state index in [2.05, 4.69) is 30.4 Å². The summed E-state index contributed by atoms with van der Waals surface area (Å²) in [6, 6.07) is 6.57. The van der Waals surface area contributed by atoms with Crippen molar-refractivity contribution in [2.45, 2.75) is 26.2 Å². The first-order valence-electron chi connectivity index (χ1n) is 6.95. The summed E-state index contributed by atoms with van der Waals surface area (Å²) in [7, 11) is 0. The number of rotatable bonds is 7. The Kier molecular flexibility index (Phi) is 5.02. The second-order valence-electron chi connectivity index (χ2n) is 5.18. The minimum absolute atomic E-state index is 0.670. The first-order chi connectivity index (χ1) is 8.79. The topological polar surface area (TPSA) is 47.3 Å². The zero-order valence-corrected chi connectivity index (χ0v) is 11.2. The minimum Gasteiger partial charge on any atom is -0.493 e. The summed E-state index contributed by atoms with van der Waals surface area (Å²) < 4.78 is 5.51. The Morgan fingerprint density at radius 2 is 2.33 bits per heavy atom. The fraction of sp³-hybridized carbons (Fsp3) is 0.600. The van der Waals surface area contributed by atoms with Crippen molar-refractivity contribution in [2.24, 2.45) is 11.7 Å². The highest BCUT2D eigenvalue weighted by Gasteiger charge is 2.11. The average molecular weight is 248 g/mol. The van der Waals surface area contributed by atoms with Crippen molar-refractivity contribution >= 4 is 0 Å². The van der Waals surface area contributed by atoms with Crippen LogP contribution in [0.2, 0.25) is 0 Å². The number of hydrogen-bond acceptors (Lipinski definition) is 3. The molecule has 0 spiro atoms. The Balaban J connectivity index is 1.70. The second-order valence-corrected chi connectivity index (χ2v) is 5.18. The minimum atomic E-state index is 0.670. The molecular weight excluding hydrogens is 224 g/mol. The SMILES string of the molecule is CC(CCN)CNCCc1ccc2c(c1)CCO2. The van der Waals surface area contributed by atoms with E-state index in [4.69, 9.17) is 10.5 Å². The highest BCUT2D eigenvalue weighted by molar-refractivity contribution is 5.39. The molecule has 2 rings (SSSR count). The summed E-state index contributed by atoms with van der Waals surface area (Å²) in [4.78, 5) is 0. The highest BCUT2D eigenvalue weighted by Crippen LogP contribution is 2.25. The molecule has 0 saturated carbocycles. The summed E-state index contributed by atoms with van der Waals surface area (Å²) in [6.45, 7) is 5.97. The largest absolute Gasteiger partial charge is 0.493 e. The predicted molar refractivity (Wildman–Crippen MR) is 75.1 cm³/mol. The second kappa shape index (κ2) is 6.76. The maximum Gasteiger partial charge on any atom is 0.122 e. The van der Waals surface area contributed by atoms with Crippen LogP contribution in [0.4, 0.5) is 0 Å². The molecule has 3 N–H and O–H groups in total. The molecule has 0 aromatic heterocycles. The normalized spacial score (nSPS) is 15.2. The molecule has 1 heterocycles. The van der Waals surface area contributed by atoms with Gasteiger partial charge in [0.15, 0.2) is 0 Å². The molecule has 1 aliphatic heterocycles. The zero-order chi connectivity index (χ0) is 12.8. The smallest absolute Gasteiger partial charge is 0.122 e. The fourth-order valence-electron chi connectivity index (χ4n) is 2.36. The van der Waals surface area contributed by atoms with Crippen LogP contribution in [0.3, 0.4) is 0 Å². The summed E-state index contributed by atoms with van der Waals surface area (Å²) in [5.74, 6) is 1.74. The Labute approximate surface area is 110 Å². The van der Waals surface area contributed by atoms with Gasteiger partial charge < -0.3 is 15.8 Å². The molecule has 0 radical (unpaired) electrons. The van der Waals surface area contributed by atoms with Crippen LogP contribution in [-0.4, -0.2) is 26.2 Å². The molecule has 3 heteroatoms. The first-order valence-corrected chi connectivity index (χ1v) is 6.95. The molecule has 1 aromatic carbocycles. The first kappa shape index (κ1) is 13.4. The summed E-state index contributed by atoms with van der Waals surface area (Å²) in [6.07, 6.45) is 3.25. The third kappa shape index (κ3) is 3.72. The Morgan fingerprint density at radius 1 is 1.44 bits per heavy atom. The van der Waals surface area contributed by atoms with Gasteiger partial charge in [0.1, 0.15) is 5.75 Å². The Bertz CT molecular complexity index is 379. The lowest BCUT2D eigenvalue weighted by Crippen LogP contribution is -2.24. The van der Waals surface area contributed by atoms with Gasteiger partial charge in [-0.25, -0.2) is 0 Å². The lowest BCUT2D eigenvalue weighted by Gasteiger charge is -2.11. The van der Waals surface area contributed by atoms with Crippen LogP contribution in [0, 0.1) is 5.92 Å². The molecule has 0 fully saturated rings. The summed E-state index contributed by atoms with van der Waals surface area (Å²) >= 11 is 0. The van der Waals surface area contributed by atoms with E-state index in [1.807, 2.05) is 0 Å². The fourth-order valence-corrected chi connectivity index (χ4v) is 2.36. The van der Waals surface area contributed by atoms with Gasteiger partial charge in [-0.1, -0.05) is 19.1 Å². The van der Waals surface area contributed by atoms with Crippen LogP contribution >= 0.6 is 0 Å². The van der Waals surface area contributed by atoms with Crippen molar-refractivity contribution in [1.82, 2.24) is 5.32 Å². The number of fused-ring (bicyclic) bond motifs is 1. The number of benzene rings is 1. The van der Waals surface area contributed by atoms with E-state index < -0.39 is 0 Å². The van der Waals surface area contributed by atoms with Gasteiger partial charge in [0.2, 0.25) is 0 Å². The van der Waals surface area contributed by atoms with Gasteiger partial charge in [-0.3, -0.25) is 0 Å². The standard InChI is InChI=1S/C15H24N2O/c1-12(4-7-16)11-17-8-5-13-2-3-15-14(10-13)6-9-18-15/h2-3,10,12,17H,4-9,11,16H2,1H3. The van der Waals surface area contributed by atoms with E-state index in [0.29, 0.717) is 5.92 Å². The highest BCUT2D eigenvalue weighted by atomic mass is 16.5. The van der Waals surface area contributed by atoms with Gasteiger partial charge in [-0.05, 0) is 55.6 Å².